The Bertz CT molecular complexity index is 612. The van der Waals surface area contributed by atoms with E-state index in [9.17, 15) is 9.59 Å². The van der Waals surface area contributed by atoms with Crippen molar-refractivity contribution in [3.8, 4) is 0 Å². The number of amides is 1. The van der Waals surface area contributed by atoms with Crippen molar-refractivity contribution in [2.75, 3.05) is 25.5 Å². The number of nitrogens with zero attached hydrogens (tertiary/aromatic N) is 1. The number of unbranched alkanes of at least 4 members (excludes halogenated alkanes) is 1. The second kappa shape index (κ2) is 14.8. The molecule has 1 heterocycles. The predicted octanol–water partition coefficient (Wildman–Crippen LogP) is 4.68. The average Bonchev–Trinajstić information content (AvgIpc) is 2.70. The van der Waals surface area contributed by atoms with E-state index in [-0.39, 0.29) is 11.5 Å². The topological polar surface area (TPSA) is 77.5 Å². The number of carbonyl (C=O) groups is 2. The standard InChI is InChI=1S/C22H36N2O4S2/c1-21(2,28-18-22(3,4)27-16-9-15-25)12-6-8-13-23-19(26)11-17-29-30-20-10-5-7-14-24-20/h5,7,10,14-15H,6,8-9,11-13,16-18H2,1-4H3,(H,23,26). The molecule has 1 amide bonds. The minimum Gasteiger partial charge on any atom is -0.373 e. The van der Waals surface area contributed by atoms with Crippen molar-refractivity contribution in [1.82, 2.24) is 10.3 Å². The predicted molar refractivity (Wildman–Crippen MR) is 125 cm³/mol. The second-order valence-corrected chi connectivity index (χ2v) is 10.7. The number of rotatable bonds is 17. The van der Waals surface area contributed by atoms with Crippen molar-refractivity contribution in [2.45, 2.75) is 76.0 Å². The molecule has 8 heteroatoms. The van der Waals surface area contributed by atoms with Gasteiger partial charge in [-0.25, -0.2) is 4.98 Å². The normalized spacial score (nSPS) is 12.0. The highest BCUT2D eigenvalue weighted by molar-refractivity contribution is 8.76. The zero-order valence-corrected chi connectivity index (χ0v) is 20.3. The van der Waals surface area contributed by atoms with Crippen LogP contribution in [0, 0.1) is 0 Å². The summed E-state index contributed by atoms with van der Waals surface area (Å²) in [5.74, 6) is 0.854. The molecule has 1 rings (SSSR count). The molecule has 0 bridgehead atoms. The number of aromatic nitrogens is 1. The summed E-state index contributed by atoms with van der Waals surface area (Å²) in [6.45, 7) is 9.66. The molecule has 0 fully saturated rings. The molecule has 0 unspecified atom stereocenters. The first-order valence-electron chi connectivity index (χ1n) is 10.4. The molecule has 30 heavy (non-hydrogen) atoms. The summed E-state index contributed by atoms with van der Waals surface area (Å²) in [6, 6.07) is 5.81. The fourth-order valence-electron chi connectivity index (χ4n) is 2.49. The molecule has 0 aliphatic carbocycles. The van der Waals surface area contributed by atoms with Crippen molar-refractivity contribution in [3.63, 3.8) is 0 Å². The van der Waals surface area contributed by atoms with Gasteiger partial charge in [-0.3, -0.25) is 4.79 Å². The van der Waals surface area contributed by atoms with Gasteiger partial charge < -0.3 is 19.6 Å². The fourth-order valence-corrected chi connectivity index (χ4v) is 4.36. The van der Waals surface area contributed by atoms with Crippen LogP contribution in [0.3, 0.4) is 0 Å². The Kier molecular flexibility index (Phi) is 13.3. The van der Waals surface area contributed by atoms with Crippen LogP contribution in [0.1, 0.15) is 59.8 Å². The summed E-state index contributed by atoms with van der Waals surface area (Å²) in [5, 5.41) is 3.95. The molecule has 0 saturated carbocycles. The third-order valence-electron chi connectivity index (χ3n) is 4.26. The highest BCUT2D eigenvalue weighted by Crippen LogP contribution is 2.29. The number of hydrogen-bond acceptors (Lipinski definition) is 7. The van der Waals surface area contributed by atoms with Crippen molar-refractivity contribution >= 4 is 33.8 Å². The van der Waals surface area contributed by atoms with Crippen LogP contribution in [-0.4, -0.2) is 53.9 Å². The zero-order valence-electron chi connectivity index (χ0n) is 18.6. The lowest BCUT2D eigenvalue weighted by Crippen LogP contribution is -2.37. The van der Waals surface area contributed by atoms with Gasteiger partial charge >= 0.3 is 0 Å². The van der Waals surface area contributed by atoms with Crippen LogP contribution >= 0.6 is 21.6 Å². The molecule has 0 radical (unpaired) electrons. The molecule has 0 saturated heterocycles. The second-order valence-electron chi connectivity index (χ2n) is 8.24. The molecule has 0 aromatic carbocycles. The maximum Gasteiger partial charge on any atom is 0.220 e. The quantitative estimate of drug-likeness (QED) is 0.207. The van der Waals surface area contributed by atoms with Crippen LogP contribution in [0.15, 0.2) is 29.4 Å². The van der Waals surface area contributed by atoms with E-state index in [4.69, 9.17) is 9.47 Å². The van der Waals surface area contributed by atoms with Crippen LogP contribution < -0.4 is 5.32 Å². The van der Waals surface area contributed by atoms with E-state index in [1.54, 1.807) is 27.8 Å². The molecule has 0 aliphatic heterocycles. The Hall–Kier alpha value is -1.09. The summed E-state index contributed by atoms with van der Waals surface area (Å²) < 4.78 is 11.7. The Morgan fingerprint density at radius 1 is 1.17 bits per heavy atom. The lowest BCUT2D eigenvalue weighted by atomic mass is 10.0. The maximum atomic E-state index is 11.9. The number of ether oxygens (including phenoxy) is 2. The highest BCUT2D eigenvalue weighted by atomic mass is 33.1. The van der Waals surface area contributed by atoms with E-state index < -0.39 is 5.60 Å². The monoisotopic (exact) mass is 456 g/mol. The lowest BCUT2D eigenvalue weighted by molar-refractivity contribution is -0.127. The van der Waals surface area contributed by atoms with Crippen molar-refractivity contribution in [3.05, 3.63) is 24.4 Å². The average molecular weight is 457 g/mol. The van der Waals surface area contributed by atoms with Gasteiger partial charge in [0.25, 0.3) is 0 Å². The Labute approximate surface area is 189 Å². The fraction of sp³-hybridized carbons (Fsp3) is 0.682. The highest BCUT2D eigenvalue weighted by Gasteiger charge is 2.25. The van der Waals surface area contributed by atoms with Crippen LogP contribution in [0.5, 0.6) is 0 Å². The van der Waals surface area contributed by atoms with Crippen LogP contribution in [-0.2, 0) is 19.1 Å². The van der Waals surface area contributed by atoms with E-state index in [2.05, 4.69) is 24.1 Å². The van der Waals surface area contributed by atoms with Gasteiger partial charge in [-0.1, -0.05) is 16.9 Å². The van der Waals surface area contributed by atoms with E-state index >= 15 is 0 Å². The molecular formula is C22H36N2O4S2. The molecule has 1 aromatic rings. The summed E-state index contributed by atoms with van der Waals surface area (Å²) in [4.78, 5) is 26.6. The molecule has 0 aliphatic rings. The maximum absolute atomic E-state index is 11.9. The third-order valence-corrected chi connectivity index (χ3v) is 6.53. The molecule has 0 spiro atoms. The molecule has 1 aromatic heterocycles. The van der Waals surface area contributed by atoms with Gasteiger partial charge in [0.1, 0.15) is 11.3 Å². The van der Waals surface area contributed by atoms with Gasteiger partial charge in [0.2, 0.25) is 5.91 Å². The van der Waals surface area contributed by atoms with Crippen LogP contribution in [0.4, 0.5) is 0 Å². The van der Waals surface area contributed by atoms with E-state index in [1.165, 1.54) is 0 Å². The van der Waals surface area contributed by atoms with Gasteiger partial charge in [-0.15, -0.1) is 0 Å². The summed E-state index contributed by atoms with van der Waals surface area (Å²) in [5.41, 5.74) is -0.671. The molecule has 1 N–H and O–H groups in total. The number of hydrogen-bond donors (Lipinski definition) is 1. The van der Waals surface area contributed by atoms with E-state index in [0.29, 0.717) is 32.6 Å². The first-order valence-corrected chi connectivity index (χ1v) is 12.7. The van der Waals surface area contributed by atoms with Gasteiger partial charge in [-0.2, -0.15) is 0 Å². The summed E-state index contributed by atoms with van der Waals surface area (Å²) in [7, 11) is 3.24. The minimum atomic E-state index is -0.416. The largest absolute Gasteiger partial charge is 0.373 e. The first-order chi connectivity index (χ1) is 14.2. The van der Waals surface area contributed by atoms with Gasteiger partial charge in [0.15, 0.2) is 0 Å². The summed E-state index contributed by atoms with van der Waals surface area (Å²) >= 11 is 0. The Morgan fingerprint density at radius 3 is 2.67 bits per heavy atom. The minimum absolute atomic E-state index is 0.0915. The smallest absolute Gasteiger partial charge is 0.220 e. The number of aldehydes is 1. The molecule has 6 nitrogen and oxygen atoms in total. The van der Waals surface area contributed by atoms with Gasteiger partial charge in [0.05, 0.1) is 24.4 Å². The van der Waals surface area contributed by atoms with Crippen molar-refractivity contribution in [2.24, 2.45) is 0 Å². The molecular weight excluding hydrogens is 420 g/mol. The Morgan fingerprint density at radius 2 is 1.97 bits per heavy atom. The van der Waals surface area contributed by atoms with E-state index in [1.807, 2.05) is 32.0 Å². The number of nitrogens with one attached hydrogen (secondary N) is 1. The van der Waals surface area contributed by atoms with Crippen molar-refractivity contribution < 1.29 is 19.1 Å². The van der Waals surface area contributed by atoms with E-state index in [0.717, 1.165) is 36.3 Å². The SMILES string of the molecule is CC(C)(CCCCNC(=O)CCSSc1ccccn1)OCC(C)(C)OCCC=O. The van der Waals surface area contributed by atoms with Crippen LogP contribution in [0.2, 0.25) is 0 Å². The lowest BCUT2D eigenvalue weighted by Gasteiger charge is -2.32. The first kappa shape index (κ1) is 26.9. The van der Waals surface area contributed by atoms with Gasteiger partial charge in [0, 0.05) is 31.3 Å². The van der Waals surface area contributed by atoms with Crippen LogP contribution in [0.25, 0.3) is 0 Å². The third kappa shape index (κ3) is 14.0. The number of pyridine rings is 1. The Balaban J connectivity index is 2.06. The van der Waals surface area contributed by atoms with Crippen molar-refractivity contribution in [1.29, 1.82) is 0 Å². The number of carbonyl (C=O) groups excluding carboxylic acids is 2. The zero-order chi connectivity index (χ0) is 22.3. The summed E-state index contributed by atoms with van der Waals surface area (Å²) in [6.07, 6.45) is 6.35. The molecule has 170 valence electrons. The molecule has 0 atom stereocenters. The van der Waals surface area contributed by atoms with Gasteiger partial charge in [-0.05, 0) is 69.9 Å².